The predicted octanol–water partition coefficient (Wildman–Crippen LogP) is 3.17. The van der Waals surface area contributed by atoms with Crippen molar-refractivity contribution < 1.29 is 36.2 Å². The highest BCUT2D eigenvalue weighted by molar-refractivity contribution is 7.92. The van der Waals surface area contributed by atoms with Crippen LogP contribution in [-0.2, 0) is 25.5 Å². The normalized spacial score (nSPS) is 21.4. The zero-order valence-corrected chi connectivity index (χ0v) is 16.2. The number of sulfone groups is 1. The number of benzene rings is 1. The minimum Gasteiger partial charge on any atom is -0.481 e. The molecule has 2 rings (SSSR count). The van der Waals surface area contributed by atoms with Crippen molar-refractivity contribution in [2.75, 3.05) is 6.61 Å². The van der Waals surface area contributed by atoms with E-state index in [2.05, 4.69) is 0 Å². The lowest BCUT2D eigenvalue weighted by Crippen LogP contribution is -2.25. The number of nitriles is 2. The van der Waals surface area contributed by atoms with Gasteiger partial charge in [-0.2, -0.15) is 23.7 Å². The molecule has 0 aliphatic heterocycles. The number of carboxylic acids is 1. The van der Waals surface area contributed by atoms with Gasteiger partial charge >= 0.3 is 12.1 Å². The molecule has 11 heteroatoms. The fourth-order valence-electron chi connectivity index (χ4n) is 3.05. The number of rotatable bonds is 6. The average Bonchev–Trinajstić information content (AvgIpc) is 3.11. The molecule has 0 aromatic heterocycles. The fourth-order valence-corrected chi connectivity index (χ4v) is 5.07. The van der Waals surface area contributed by atoms with Gasteiger partial charge in [-0.3, -0.25) is 4.79 Å². The van der Waals surface area contributed by atoms with Crippen molar-refractivity contribution in [3.63, 3.8) is 0 Å². The Labute approximate surface area is 166 Å². The second-order valence-corrected chi connectivity index (χ2v) is 8.41. The van der Waals surface area contributed by atoms with Crippen LogP contribution in [0.1, 0.15) is 31.7 Å². The van der Waals surface area contributed by atoms with Crippen LogP contribution in [0.2, 0.25) is 0 Å². The molecular weight excluding hydrogens is 413 g/mol. The van der Waals surface area contributed by atoms with Crippen LogP contribution in [0.15, 0.2) is 29.2 Å². The minimum absolute atomic E-state index is 0.133. The number of alkyl halides is 3. The molecule has 1 aliphatic carbocycles. The van der Waals surface area contributed by atoms with Gasteiger partial charge in [0.15, 0.2) is 22.0 Å². The van der Waals surface area contributed by atoms with E-state index in [4.69, 9.17) is 15.3 Å². The van der Waals surface area contributed by atoms with Crippen molar-refractivity contribution in [1.29, 1.82) is 10.5 Å². The van der Waals surface area contributed by atoms with E-state index in [1.807, 2.05) is 6.92 Å². The first-order valence-corrected chi connectivity index (χ1v) is 10.1. The largest absolute Gasteiger partial charge is 0.481 e. The maximum atomic E-state index is 13.1. The van der Waals surface area contributed by atoms with Crippen molar-refractivity contribution in [3.05, 3.63) is 29.8 Å². The molecule has 0 amide bonds. The Bertz CT molecular complexity index is 891. The zero-order chi connectivity index (χ0) is 22.2. The molecule has 1 aromatic rings. The summed E-state index contributed by atoms with van der Waals surface area (Å²) in [5.74, 6) is -2.26. The first-order valence-electron chi connectivity index (χ1n) is 8.53. The van der Waals surface area contributed by atoms with Gasteiger partial charge in [0.2, 0.25) is 0 Å². The molecule has 0 unspecified atom stereocenters. The third-order valence-corrected chi connectivity index (χ3v) is 6.53. The van der Waals surface area contributed by atoms with Gasteiger partial charge in [0.05, 0.1) is 27.7 Å². The first-order chi connectivity index (χ1) is 13.5. The summed E-state index contributed by atoms with van der Waals surface area (Å²) < 4.78 is 70.3. The van der Waals surface area contributed by atoms with E-state index in [9.17, 15) is 31.5 Å². The average molecular weight is 432 g/mol. The van der Waals surface area contributed by atoms with Crippen LogP contribution in [0, 0.1) is 28.6 Å². The minimum atomic E-state index is -4.81. The van der Waals surface area contributed by atoms with Gasteiger partial charge in [0.25, 0.3) is 0 Å². The number of ether oxygens (including phenoxy) is 1. The standard InChI is InChI=1S/C16H19F3O5S.C2N2/c1-2-7-24-13-9-10(8-11(13)15(20)21)25(22,23)14-6-4-3-5-12(14)16(17,18)19;3-1-2-4/h3-6,10-11,13H,2,7-9H2,1H3,(H,20,21);/t10-,11-,13-;/m0./s1. The monoisotopic (exact) mass is 432 g/mol. The molecule has 1 fully saturated rings. The van der Waals surface area contributed by atoms with Gasteiger partial charge in [-0.1, -0.05) is 19.1 Å². The highest BCUT2D eigenvalue weighted by atomic mass is 32.2. The number of halogens is 3. The maximum Gasteiger partial charge on any atom is 0.417 e. The molecule has 1 aliphatic rings. The van der Waals surface area contributed by atoms with Crippen LogP contribution >= 0.6 is 0 Å². The molecule has 0 heterocycles. The molecule has 1 aromatic carbocycles. The van der Waals surface area contributed by atoms with E-state index in [1.54, 1.807) is 0 Å². The Morgan fingerprint density at radius 2 is 1.83 bits per heavy atom. The molecule has 7 nitrogen and oxygen atoms in total. The second-order valence-electron chi connectivity index (χ2n) is 6.21. The van der Waals surface area contributed by atoms with Gasteiger partial charge in [-0.25, -0.2) is 8.42 Å². The molecule has 1 saturated carbocycles. The fraction of sp³-hybridized carbons (Fsp3) is 0.500. The quantitative estimate of drug-likeness (QED) is 0.731. The Morgan fingerprint density at radius 1 is 1.24 bits per heavy atom. The number of nitrogens with zero attached hydrogens (tertiary/aromatic N) is 2. The Morgan fingerprint density at radius 3 is 2.31 bits per heavy atom. The third-order valence-electron chi connectivity index (χ3n) is 4.30. The number of aliphatic carboxylic acids is 1. The smallest absolute Gasteiger partial charge is 0.417 e. The molecule has 1 N–H and O–H groups in total. The van der Waals surface area contributed by atoms with Gasteiger partial charge in [0.1, 0.15) is 0 Å². The molecule has 0 radical (unpaired) electrons. The van der Waals surface area contributed by atoms with Crippen LogP contribution in [0.5, 0.6) is 0 Å². The van der Waals surface area contributed by atoms with E-state index in [0.717, 1.165) is 12.1 Å². The summed E-state index contributed by atoms with van der Waals surface area (Å²) in [5, 5.41) is 22.6. The predicted molar refractivity (Wildman–Crippen MR) is 94.0 cm³/mol. The third kappa shape index (κ3) is 6.17. The van der Waals surface area contributed by atoms with Crippen molar-refractivity contribution in [3.8, 4) is 12.1 Å². The van der Waals surface area contributed by atoms with Gasteiger partial charge in [-0.15, -0.1) is 0 Å². The number of carboxylic acid groups (broad SMARTS) is 1. The lowest BCUT2D eigenvalue weighted by Gasteiger charge is -2.17. The summed E-state index contributed by atoms with van der Waals surface area (Å²) in [6.07, 6.45) is -5.41. The molecule has 158 valence electrons. The van der Waals surface area contributed by atoms with Gasteiger partial charge in [-0.05, 0) is 31.4 Å². The highest BCUT2D eigenvalue weighted by Crippen LogP contribution is 2.40. The SMILES string of the molecule is CCCO[C@H]1C[C@@H](S(=O)(=O)c2ccccc2C(F)(F)F)C[C@@H]1C(=O)O.N#CC#N. The van der Waals surface area contributed by atoms with Crippen molar-refractivity contribution >= 4 is 15.8 Å². The summed E-state index contributed by atoms with van der Waals surface area (Å²) in [6, 6.07) is 6.43. The van der Waals surface area contributed by atoms with Gasteiger partial charge < -0.3 is 9.84 Å². The van der Waals surface area contributed by atoms with E-state index in [1.165, 1.54) is 18.2 Å². The summed E-state index contributed by atoms with van der Waals surface area (Å²) in [4.78, 5) is 10.5. The summed E-state index contributed by atoms with van der Waals surface area (Å²) in [7, 11) is -4.34. The van der Waals surface area contributed by atoms with Crippen molar-refractivity contribution in [2.24, 2.45) is 5.92 Å². The maximum absolute atomic E-state index is 13.1. The Kier molecular flexibility index (Phi) is 8.61. The summed E-state index contributed by atoms with van der Waals surface area (Å²) >= 11 is 0. The van der Waals surface area contributed by atoms with Crippen LogP contribution in [0.3, 0.4) is 0 Å². The van der Waals surface area contributed by atoms with Crippen molar-refractivity contribution in [1.82, 2.24) is 0 Å². The van der Waals surface area contributed by atoms with Crippen LogP contribution < -0.4 is 0 Å². The van der Waals surface area contributed by atoms with Crippen molar-refractivity contribution in [2.45, 2.75) is 48.6 Å². The van der Waals surface area contributed by atoms with E-state index in [0.29, 0.717) is 12.5 Å². The zero-order valence-electron chi connectivity index (χ0n) is 15.4. The van der Waals surface area contributed by atoms with E-state index >= 15 is 0 Å². The molecule has 3 atom stereocenters. The highest BCUT2D eigenvalue weighted by Gasteiger charge is 2.47. The molecule has 0 spiro atoms. The number of carbonyl (C=O) groups is 1. The van der Waals surface area contributed by atoms with Gasteiger partial charge in [0, 0.05) is 6.61 Å². The van der Waals surface area contributed by atoms with Crippen LogP contribution in [0.25, 0.3) is 0 Å². The topological polar surface area (TPSA) is 128 Å². The molecule has 29 heavy (non-hydrogen) atoms. The van der Waals surface area contributed by atoms with E-state index in [-0.39, 0.29) is 19.4 Å². The Balaban J connectivity index is 0.000000960. The second kappa shape index (κ2) is 10.2. The van der Waals surface area contributed by atoms with Crippen LogP contribution in [0.4, 0.5) is 13.2 Å². The van der Waals surface area contributed by atoms with Crippen LogP contribution in [-0.4, -0.2) is 37.5 Å². The molecule has 0 saturated heterocycles. The van der Waals surface area contributed by atoms with E-state index < -0.39 is 49.7 Å². The molecular formula is C18H19F3N2O5S. The number of hydrogen-bond acceptors (Lipinski definition) is 6. The lowest BCUT2D eigenvalue weighted by molar-refractivity contribution is -0.146. The summed E-state index contributed by atoms with van der Waals surface area (Å²) in [6.45, 7) is 2.08. The first kappa shape index (κ1) is 24.4. The summed E-state index contributed by atoms with van der Waals surface area (Å²) in [5.41, 5.74) is -1.24. The lowest BCUT2D eigenvalue weighted by atomic mass is 10.1. The molecule has 0 bridgehead atoms. The Hall–Kier alpha value is -2.63. The number of hydrogen-bond donors (Lipinski definition) is 1.